The number of carbonyl (C=O) groups excluding carboxylic acids is 2. The molecule has 10 nitrogen and oxygen atoms in total. The summed E-state index contributed by atoms with van der Waals surface area (Å²) in [5.41, 5.74) is 5.00. The van der Waals surface area contributed by atoms with Crippen molar-refractivity contribution in [2.75, 3.05) is 13.2 Å². The number of aliphatic imine (C=N–C) groups is 1. The van der Waals surface area contributed by atoms with Crippen LogP contribution in [0.5, 0.6) is 11.5 Å². The second-order valence-electron chi connectivity index (χ2n) is 7.47. The number of hydrogen-bond acceptors (Lipinski definition) is 7. The summed E-state index contributed by atoms with van der Waals surface area (Å²) in [5, 5.41) is 0. The van der Waals surface area contributed by atoms with Crippen LogP contribution in [0, 0.1) is 5.92 Å². The molecule has 0 bridgehead atoms. The molecule has 0 spiro atoms. The first-order valence-corrected chi connectivity index (χ1v) is 11.8. The van der Waals surface area contributed by atoms with Gasteiger partial charge in [-0.2, -0.15) is 0 Å². The molecule has 2 aromatic carbocycles. The second kappa shape index (κ2) is 10.3. The van der Waals surface area contributed by atoms with Crippen molar-refractivity contribution in [3.63, 3.8) is 0 Å². The van der Waals surface area contributed by atoms with Gasteiger partial charge in [0.15, 0.2) is 18.1 Å². The third-order valence-corrected chi connectivity index (χ3v) is 6.06. The van der Waals surface area contributed by atoms with E-state index in [2.05, 4.69) is 20.6 Å². The lowest BCUT2D eigenvalue weighted by Gasteiger charge is -2.18. The van der Waals surface area contributed by atoms with E-state index >= 15 is 0 Å². The molecule has 1 aliphatic heterocycles. The van der Waals surface area contributed by atoms with Gasteiger partial charge in [0, 0.05) is 5.56 Å². The lowest BCUT2D eigenvalue weighted by atomic mass is 10.0. The van der Waals surface area contributed by atoms with Crippen LogP contribution < -0.4 is 25.0 Å². The second-order valence-corrected chi connectivity index (χ2v) is 9.12. The van der Waals surface area contributed by atoms with Gasteiger partial charge in [-0.05, 0) is 37.1 Å². The van der Waals surface area contributed by atoms with Crippen LogP contribution in [-0.2, 0) is 19.6 Å². The Kier molecular flexibility index (Phi) is 7.54. The summed E-state index contributed by atoms with van der Waals surface area (Å²) in [6.45, 7) is 5.46. The van der Waals surface area contributed by atoms with Crippen LogP contribution in [0.4, 0.5) is 0 Å². The van der Waals surface area contributed by atoms with Crippen LogP contribution >= 0.6 is 0 Å². The van der Waals surface area contributed by atoms with Crippen molar-refractivity contribution in [1.29, 1.82) is 0 Å². The van der Waals surface area contributed by atoms with Crippen LogP contribution in [0.15, 0.2) is 58.4 Å². The molecule has 0 radical (unpaired) electrons. The Morgan fingerprint density at radius 1 is 1.00 bits per heavy atom. The van der Waals surface area contributed by atoms with Crippen molar-refractivity contribution in [3.8, 4) is 11.5 Å². The number of nitrogens with zero attached hydrogens (tertiary/aromatic N) is 1. The maximum absolute atomic E-state index is 12.7. The topological polar surface area (TPSA) is 135 Å². The van der Waals surface area contributed by atoms with E-state index in [-0.39, 0.29) is 23.3 Å². The zero-order valence-corrected chi connectivity index (χ0v) is 19.3. The Labute approximate surface area is 192 Å². The molecule has 3 N–H and O–H groups in total. The van der Waals surface area contributed by atoms with Gasteiger partial charge in [0.25, 0.3) is 21.8 Å². The average Bonchev–Trinajstić information content (AvgIpc) is 3.05. The number of para-hydroxylation sites is 2. The number of hydrogen-bond donors (Lipinski definition) is 3. The van der Waals surface area contributed by atoms with E-state index in [1.807, 2.05) is 6.92 Å². The van der Waals surface area contributed by atoms with E-state index in [0.717, 1.165) is 0 Å². The van der Waals surface area contributed by atoms with E-state index in [4.69, 9.17) is 9.47 Å². The number of hydrazine groups is 1. The third-order valence-electron chi connectivity index (χ3n) is 4.66. The van der Waals surface area contributed by atoms with E-state index in [1.165, 1.54) is 6.07 Å². The van der Waals surface area contributed by atoms with E-state index in [9.17, 15) is 18.0 Å². The van der Waals surface area contributed by atoms with Crippen molar-refractivity contribution in [3.05, 3.63) is 54.1 Å². The molecule has 0 aliphatic carbocycles. The molecular weight excluding hydrogens is 448 g/mol. The standard InChI is InChI=1S/C22H26N4O6S/c1-4-31-16-10-6-7-11-17(16)32-13-19(27)24-25-22(28)20(14(2)3)23-21-15-9-5-8-12-18(15)33(29,30)26-21/h5-12,14,20H,4,13H2,1-3H3,(H,23,26)(H,24,27)(H,25,28)/t20-/m0/s1. The summed E-state index contributed by atoms with van der Waals surface area (Å²) in [6, 6.07) is 12.3. The SMILES string of the molecule is CCOc1ccccc1OCC(=O)NNC(=O)[C@@H](N=C1NS(=O)(=O)c2ccccc21)C(C)C. The predicted molar refractivity (Wildman–Crippen MR) is 121 cm³/mol. The van der Waals surface area contributed by atoms with Crippen molar-refractivity contribution in [1.82, 2.24) is 15.6 Å². The van der Waals surface area contributed by atoms with Crippen LogP contribution in [0.1, 0.15) is 26.3 Å². The van der Waals surface area contributed by atoms with Gasteiger partial charge in [0.1, 0.15) is 11.9 Å². The number of carbonyl (C=O) groups is 2. The number of rotatable bonds is 8. The fourth-order valence-electron chi connectivity index (χ4n) is 3.11. The first kappa shape index (κ1) is 24.1. The summed E-state index contributed by atoms with van der Waals surface area (Å²) >= 11 is 0. The highest BCUT2D eigenvalue weighted by atomic mass is 32.2. The van der Waals surface area contributed by atoms with Crippen molar-refractivity contribution < 1.29 is 27.5 Å². The number of benzene rings is 2. The normalized spacial score (nSPS) is 15.9. The molecule has 2 aromatic rings. The van der Waals surface area contributed by atoms with Gasteiger partial charge in [-0.1, -0.05) is 38.1 Å². The Morgan fingerprint density at radius 3 is 2.30 bits per heavy atom. The molecule has 2 amide bonds. The van der Waals surface area contributed by atoms with E-state index in [0.29, 0.717) is 23.7 Å². The zero-order valence-electron chi connectivity index (χ0n) is 18.5. The molecule has 0 aromatic heterocycles. The minimum Gasteiger partial charge on any atom is -0.490 e. The summed E-state index contributed by atoms with van der Waals surface area (Å²) < 4.78 is 37.8. The molecule has 1 heterocycles. The molecule has 1 atom stereocenters. The summed E-state index contributed by atoms with van der Waals surface area (Å²) in [7, 11) is -3.73. The monoisotopic (exact) mass is 474 g/mol. The molecule has 0 fully saturated rings. The molecule has 33 heavy (non-hydrogen) atoms. The minimum absolute atomic E-state index is 0.0849. The molecule has 1 aliphatic rings. The lowest BCUT2D eigenvalue weighted by molar-refractivity contribution is -0.131. The van der Waals surface area contributed by atoms with Gasteiger partial charge in [-0.15, -0.1) is 0 Å². The van der Waals surface area contributed by atoms with Crippen LogP contribution in [0.3, 0.4) is 0 Å². The number of sulfonamides is 1. The largest absolute Gasteiger partial charge is 0.490 e. The van der Waals surface area contributed by atoms with Crippen LogP contribution in [0.2, 0.25) is 0 Å². The molecule has 0 saturated heterocycles. The summed E-state index contributed by atoms with van der Waals surface area (Å²) in [5.74, 6) is -0.463. The molecule has 0 saturated carbocycles. The number of amides is 2. The van der Waals surface area contributed by atoms with E-state index < -0.39 is 27.9 Å². The zero-order chi connectivity index (χ0) is 24.0. The van der Waals surface area contributed by atoms with Gasteiger partial charge >= 0.3 is 0 Å². The summed E-state index contributed by atoms with van der Waals surface area (Å²) in [4.78, 5) is 29.3. The van der Waals surface area contributed by atoms with E-state index in [1.54, 1.807) is 56.3 Å². The first-order valence-electron chi connectivity index (χ1n) is 10.4. The van der Waals surface area contributed by atoms with Gasteiger partial charge in [-0.25, -0.2) is 8.42 Å². The number of fused-ring (bicyclic) bond motifs is 1. The van der Waals surface area contributed by atoms with Gasteiger partial charge < -0.3 is 9.47 Å². The Hall–Kier alpha value is -3.60. The van der Waals surface area contributed by atoms with Crippen molar-refractivity contribution in [2.45, 2.75) is 31.7 Å². The smallest absolute Gasteiger partial charge is 0.276 e. The Bertz CT molecular complexity index is 1160. The highest BCUT2D eigenvalue weighted by molar-refractivity contribution is 7.90. The molecule has 176 valence electrons. The van der Waals surface area contributed by atoms with Gasteiger partial charge in [0.05, 0.1) is 11.5 Å². The third kappa shape index (κ3) is 5.80. The number of amidine groups is 1. The fourth-order valence-corrected chi connectivity index (χ4v) is 4.35. The lowest BCUT2D eigenvalue weighted by Crippen LogP contribution is -2.49. The highest BCUT2D eigenvalue weighted by Crippen LogP contribution is 2.26. The molecule has 0 unspecified atom stereocenters. The van der Waals surface area contributed by atoms with Gasteiger partial charge in [-0.3, -0.25) is 30.2 Å². The number of nitrogens with one attached hydrogen (secondary N) is 3. The van der Waals surface area contributed by atoms with Crippen LogP contribution in [-0.4, -0.2) is 45.3 Å². The first-order chi connectivity index (χ1) is 15.7. The summed E-state index contributed by atoms with van der Waals surface area (Å²) in [6.07, 6.45) is 0. The van der Waals surface area contributed by atoms with Crippen molar-refractivity contribution >= 4 is 27.7 Å². The quantitative estimate of drug-likeness (QED) is 0.495. The maximum Gasteiger partial charge on any atom is 0.276 e. The average molecular weight is 475 g/mol. The van der Waals surface area contributed by atoms with Crippen LogP contribution in [0.25, 0.3) is 0 Å². The highest BCUT2D eigenvalue weighted by Gasteiger charge is 2.32. The predicted octanol–water partition coefficient (Wildman–Crippen LogP) is 1.37. The molecular formula is C22H26N4O6S. The van der Waals surface area contributed by atoms with Gasteiger partial charge in [0.2, 0.25) is 0 Å². The maximum atomic E-state index is 12.7. The Morgan fingerprint density at radius 2 is 1.64 bits per heavy atom. The Balaban J connectivity index is 1.63. The molecule has 3 rings (SSSR count). The fraction of sp³-hybridized carbons (Fsp3) is 0.318. The van der Waals surface area contributed by atoms with Crippen molar-refractivity contribution in [2.24, 2.45) is 10.9 Å². The number of ether oxygens (including phenoxy) is 2. The molecule has 11 heteroatoms. The minimum atomic E-state index is -3.73.